The fraction of sp³-hybridized carbons (Fsp3) is 0.222. The van der Waals surface area contributed by atoms with E-state index in [0.717, 1.165) is 49.6 Å². The van der Waals surface area contributed by atoms with Crippen LogP contribution >= 0.6 is 11.6 Å². The van der Waals surface area contributed by atoms with E-state index in [9.17, 15) is 0 Å². The largest absolute Gasteiger partial charge is 0.494 e. The van der Waals surface area contributed by atoms with E-state index >= 15 is 0 Å². The molecule has 0 atom stereocenters. The smallest absolute Gasteiger partial charge is 0.454 e. The molecule has 0 N–H and O–H groups in total. The molecule has 1 saturated heterocycles. The standard InChI is InChI=1S/C27H23BClNO3/c1-26(2)27(3,4)33-28(32-26)17-14-12-16(13-15-17)23-25-22(18-8-5-6-11-21(18)31-25)19-9-7-10-20(29)24(19)30-23/h5-15H,1-4H3. The summed E-state index contributed by atoms with van der Waals surface area (Å²) in [6.07, 6.45) is 0. The number of furan rings is 1. The first-order chi connectivity index (χ1) is 15.7. The van der Waals surface area contributed by atoms with Crippen molar-refractivity contribution in [3.05, 3.63) is 71.8 Å². The zero-order chi connectivity index (χ0) is 23.0. The lowest BCUT2D eigenvalue weighted by Gasteiger charge is -2.32. The van der Waals surface area contributed by atoms with E-state index in [1.54, 1.807) is 0 Å². The Hall–Kier alpha value is -2.86. The van der Waals surface area contributed by atoms with E-state index in [4.69, 9.17) is 30.3 Å². The van der Waals surface area contributed by atoms with E-state index in [1.165, 1.54) is 0 Å². The monoisotopic (exact) mass is 455 g/mol. The minimum absolute atomic E-state index is 0.382. The Morgan fingerprint density at radius 1 is 0.788 bits per heavy atom. The van der Waals surface area contributed by atoms with Gasteiger partial charge in [-0.15, -0.1) is 0 Å². The van der Waals surface area contributed by atoms with Crippen molar-refractivity contribution in [2.24, 2.45) is 0 Å². The van der Waals surface area contributed by atoms with Crippen LogP contribution in [0.4, 0.5) is 0 Å². The maximum atomic E-state index is 6.57. The van der Waals surface area contributed by atoms with E-state index in [0.29, 0.717) is 5.02 Å². The summed E-state index contributed by atoms with van der Waals surface area (Å²) in [5.41, 5.74) is 4.27. The van der Waals surface area contributed by atoms with E-state index in [1.807, 2.05) is 60.7 Å². The topological polar surface area (TPSA) is 44.5 Å². The number of nitrogens with zero attached hydrogens (tertiary/aromatic N) is 1. The summed E-state index contributed by atoms with van der Waals surface area (Å²) in [7, 11) is -0.408. The summed E-state index contributed by atoms with van der Waals surface area (Å²) in [4.78, 5) is 4.95. The third kappa shape index (κ3) is 3.11. The molecule has 0 unspecified atom stereocenters. The Kier molecular flexibility index (Phi) is 4.44. The predicted octanol–water partition coefficient (Wildman–Crippen LogP) is 6.75. The highest BCUT2D eigenvalue weighted by molar-refractivity contribution is 6.62. The number of benzene rings is 3. The van der Waals surface area contributed by atoms with Crippen LogP contribution in [0.2, 0.25) is 5.02 Å². The van der Waals surface area contributed by atoms with Gasteiger partial charge in [0.25, 0.3) is 0 Å². The quantitative estimate of drug-likeness (QED) is 0.276. The Balaban J connectivity index is 1.52. The van der Waals surface area contributed by atoms with Crippen LogP contribution in [0, 0.1) is 0 Å². The van der Waals surface area contributed by atoms with Crippen LogP contribution in [0.25, 0.3) is 44.1 Å². The average molecular weight is 456 g/mol. The van der Waals surface area contributed by atoms with E-state index in [2.05, 4.69) is 33.8 Å². The van der Waals surface area contributed by atoms with Gasteiger partial charge < -0.3 is 13.7 Å². The Bertz CT molecular complexity index is 1520. The molecule has 1 aliphatic heterocycles. The molecule has 2 aromatic heterocycles. The first kappa shape index (κ1) is 20.7. The van der Waals surface area contributed by atoms with Gasteiger partial charge in [0, 0.05) is 21.7 Å². The second kappa shape index (κ2) is 7.07. The van der Waals surface area contributed by atoms with Crippen LogP contribution in [0.5, 0.6) is 0 Å². The zero-order valence-electron chi connectivity index (χ0n) is 19.0. The molecule has 6 heteroatoms. The molecule has 0 spiro atoms. The zero-order valence-corrected chi connectivity index (χ0v) is 19.7. The first-order valence-corrected chi connectivity index (χ1v) is 11.5. The number of halogens is 1. The van der Waals surface area contributed by atoms with Crippen LogP contribution in [-0.2, 0) is 9.31 Å². The maximum Gasteiger partial charge on any atom is 0.494 e. The summed E-state index contributed by atoms with van der Waals surface area (Å²) in [6.45, 7) is 8.23. The molecule has 1 fully saturated rings. The summed E-state index contributed by atoms with van der Waals surface area (Å²) >= 11 is 6.57. The van der Waals surface area contributed by atoms with Gasteiger partial charge in [-0.2, -0.15) is 0 Å². The third-order valence-corrected chi connectivity index (χ3v) is 7.30. The number of pyridine rings is 1. The van der Waals surface area contributed by atoms with Gasteiger partial charge in [-0.05, 0) is 45.3 Å². The second-order valence-corrected chi connectivity index (χ2v) is 10.0. The lowest BCUT2D eigenvalue weighted by atomic mass is 9.78. The highest BCUT2D eigenvalue weighted by Crippen LogP contribution is 2.41. The molecule has 4 nitrogen and oxygen atoms in total. The number of hydrogen-bond donors (Lipinski definition) is 0. The number of para-hydroxylation sites is 2. The summed E-state index contributed by atoms with van der Waals surface area (Å²) < 4.78 is 18.7. The molecule has 0 saturated carbocycles. The highest BCUT2D eigenvalue weighted by atomic mass is 35.5. The first-order valence-electron chi connectivity index (χ1n) is 11.1. The van der Waals surface area contributed by atoms with Crippen LogP contribution < -0.4 is 5.46 Å². The van der Waals surface area contributed by atoms with Crippen molar-refractivity contribution < 1.29 is 13.7 Å². The molecular formula is C27H23BClNO3. The molecule has 0 amide bonds. The van der Waals surface area contributed by atoms with E-state index in [-0.39, 0.29) is 11.2 Å². The fourth-order valence-corrected chi connectivity index (χ4v) is 4.66. The normalized spacial score (nSPS) is 17.4. The predicted molar refractivity (Wildman–Crippen MR) is 135 cm³/mol. The molecule has 3 heterocycles. The third-order valence-electron chi connectivity index (χ3n) is 7.00. The van der Waals surface area contributed by atoms with Gasteiger partial charge in [0.1, 0.15) is 11.3 Å². The number of fused-ring (bicyclic) bond motifs is 5. The molecule has 0 aliphatic carbocycles. The van der Waals surface area contributed by atoms with Gasteiger partial charge in [0.05, 0.1) is 21.7 Å². The SMILES string of the molecule is CC1(C)OB(c2ccc(-c3nc4c(Cl)cccc4c4c3oc3ccccc34)cc2)OC1(C)C. The van der Waals surface area contributed by atoms with Gasteiger partial charge in [-0.1, -0.05) is 66.2 Å². The Morgan fingerprint density at radius 2 is 1.45 bits per heavy atom. The Morgan fingerprint density at radius 3 is 2.18 bits per heavy atom. The molecule has 1 aliphatic rings. The molecule has 3 aromatic carbocycles. The van der Waals surface area contributed by atoms with Gasteiger partial charge in [0.2, 0.25) is 0 Å². The van der Waals surface area contributed by atoms with Gasteiger partial charge in [-0.25, -0.2) is 4.98 Å². The van der Waals surface area contributed by atoms with Crippen LogP contribution in [0.3, 0.4) is 0 Å². The molecule has 164 valence electrons. The van der Waals surface area contributed by atoms with Crippen molar-refractivity contribution in [2.75, 3.05) is 0 Å². The van der Waals surface area contributed by atoms with Crippen molar-refractivity contribution in [1.29, 1.82) is 0 Å². The van der Waals surface area contributed by atoms with Crippen molar-refractivity contribution in [3.8, 4) is 11.3 Å². The summed E-state index contributed by atoms with van der Waals surface area (Å²) in [5.74, 6) is 0. The van der Waals surface area contributed by atoms with Crippen molar-refractivity contribution in [1.82, 2.24) is 4.98 Å². The van der Waals surface area contributed by atoms with Crippen molar-refractivity contribution in [3.63, 3.8) is 0 Å². The lowest BCUT2D eigenvalue weighted by Crippen LogP contribution is -2.41. The van der Waals surface area contributed by atoms with Crippen molar-refractivity contribution in [2.45, 2.75) is 38.9 Å². The molecule has 0 bridgehead atoms. The van der Waals surface area contributed by atoms with Gasteiger partial charge in [-0.3, -0.25) is 0 Å². The Labute approximate surface area is 197 Å². The minimum atomic E-state index is -0.408. The highest BCUT2D eigenvalue weighted by Gasteiger charge is 2.51. The summed E-state index contributed by atoms with van der Waals surface area (Å²) in [5, 5.41) is 3.69. The van der Waals surface area contributed by atoms with E-state index < -0.39 is 7.12 Å². The average Bonchev–Trinajstić information content (AvgIpc) is 3.28. The number of aromatic nitrogens is 1. The van der Waals surface area contributed by atoms with Crippen LogP contribution in [0.15, 0.2) is 71.1 Å². The fourth-order valence-electron chi connectivity index (χ4n) is 4.45. The molecule has 6 rings (SSSR count). The second-order valence-electron chi connectivity index (χ2n) is 9.61. The molecule has 33 heavy (non-hydrogen) atoms. The molecule has 5 aromatic rings. The van der Waals surface area contributed by atoms with Crippen molar-refractivity contribution >= 4 is 57.0 Å². The molecular weight excluding hydrogens is 433 g/mol. The molecule has 0 radical (unpaired) electrons. The van der Waals surface area contributed by atoms with Gasteiger partial charge in [0.15, 0.2) is 5.58 Å². The number of rotatable bonds is 2. The lowest BCUT2D eigenvalue weighted by molar-refractivity contribution is 0.00578. The van der Waals surface area contributed by atoms with Crippen LogP contribution in [-0.4, -0.2) is 23.3 Å². The minimum Gasteiger partial charge on any atom is -0.454 e. The maximum absolute atomic E-state index is 6.57. The van der Waals surface area contributed by atoms with Crippen LogP contribution in [0.1, 0.15) is 27.7 Å². The summed E-state index contributed by atoms with van der Waals surface area (Å²) in [6, 6.07) is 22.1. The number of hydrogen-bond acceptors (Lipinski definition) is 4. The van der Waals surface area contributed by atoms with Gasteiger partial charge >= 0.3 is 7.12 Å².